The third-order valence-electron chi connectivity index (χ3n) is 2.79. The molecule has 0 radical (unpaired) electrons. The number of anilines is 1. The summed E-state index contributed by atoms with van der Waals surface area (Å²) in [7, 11) is 1.53. The fourth-order valence-corrected chi connectivity index (χ4v) is 1.68. The van der Waals surface area contributed by atoms with Crippen molar-refractivity contribution in [3.63, 3.8) is 0 Å². The molecule has 0 saturated heterocycles. The van der Waals surface area contributed by atoms with E-state index in [1.54, 1.807) is 31.2 Å². The molecule has 0 bridgehead atoms. The van der Waals surface area contributed by atoms with Gasteiger partial charge in [-0.25, -0.2) is 4.39 Å². The van der Waals surface area contributed by atoms with E-state index in [9.17, 15) is 9.50 Å². The molecule has 0 aromatic heterocycles. The zero-order valence-electron chi connectivity index (χ0n) is 11.2. The lowest BCUT2D eigenvalue weighted by molar-refractivity contribution is 0.407. The molecule has 0 amide bonds. The van der Waals surface area contributed by atoms with Crippen molar-refractivity contribution in [3.8, 4) is 11.5 Å². The van der Waals surface area contributed by atoms with Crippen LogP contribution in [0, 0.1) is 5.82 Å². The Balaban J connectivity index is 2.16. The van der Waals surface area contributed by atoms with E-state index in [0.717, 1.165) is 0 Å². The smallest absolute Gasteiger partial charge is 0.128 e. The minimum Gasteiger partial charge on any atom is -0.507 e. The van der Waals surface area contributed by atoms with Gasteiger partial charge in [0.15, 0.2) is 0 Å². The fourth-order valence-electron chi connectivity index (χ4n) is 1.68. The van der Waals surface area contributed by atoms with Crippen molar-refractivity contribution < 1.29 is 14.2 Å². The summed E-state index contributed by atoms with van der Waals surface area (Å²) in [4.78, 5) is 0. The number of rotatable bonds is 4. The van der Waals surface area contributed by atoms with Crippen LogP contribution in [0.3, 0.4) is 0 Å². The number of nitrogens with one attached hydrogen (secondary N) is 1. The van der Waals surface area contributed by atoms with Crippen LogP contribution in [0.15, 0.2) is 47.6 Å². The predicted molar refractivity (Wildman–Crippen MR) is 76.9 cm³/mol. The molecule has 2 N–H and O–H groups in total. The lowest BCUT2D eigenvalue weighted by atomic mass is 10.1. The molecule has 0 aliphatic heterocycles. The summed E-state index contributed by atoms with van der Waals surface area (Å²) in [6.45, 7) is 1.76. The molecule has 5 heteroatoms. The van der Waals surface area contributed by atoms with Crippen LogP contribution in [0.25, 0.3) is 0 Å². The first-order chi connectivity index (χ1) is 9.60. The van der Waals surface area contributed by atoms with E-state index in [0.29, 0.717) is 22.7 Å². The summed E-state index contributed by atoms with van der Waals surface area (Å²) in [5.41, 5.74) is 4.67. The molecule has 2 rings (SSSR count). The zero-order valence-corrected chi connectivity index (χ0v) is 11.2. The van der Waals surface area contributed by atoms with E-state index < -0.39 is 0 Å². The highest BCUT2D eigenvalue weighted by Crippen LogP contribution is 2.24. The van der Waals surface area contributed by atoms with Gasteiger partial charge in [0.05, 0.1) is 18.5 Å². The average Bonchev–Trinajstić information content (AvgIpc) is 2.46. The Labute approximate surface area is 116 Å². The van der Waals surface area contributed by atoms with Crippen molar-refractivity contribution in [3.05, 3.63) is 53.8 Å². The molecule has 0 saturated carbocycles. The first-order valence-electron chi connectivity index (χ1n) is 6.03. The van der Waals surface area contributed by atoms with Crippen LogP contribution in [0.1, 0.15) is 12.5 Å². The molecule has 0 spiro atoms. The lowest BCUT2D eigenvalue weighted by Crippen LogP contribution is -2.00. The predicted octanol–water partition coefficient (Wildman–Crippen LogP) is 3.38. The molecule has 4 nitrogen and oxygen atoms in total. The Morgan fingerprint density at radius 3 is 2.50 bits per heavy atom. The fraction of sp³-hybridized carbons (Fsp3) is 0.133. The quantitative estimate of drug-likeness (QED) is 0.664. The van der Waals surface area contributed by atoms with E-state index in [1.807, 2.05) is 0 Å². The molecule has 2 aromatic rings. The number of hydrogen-bond donors (Lipinski definition) is 2. The Bertz CT molecular complexity index is 624. The SMILES string of the molecule is COc1ccc(/C(C)=N/Nc2ccc(F)cc2)c(O)c1. The van der Waals surface area contributed by atoms with E-state index in [-0.39, 0.29) is 11.6 Å². The summed E-state index contributed by atoms with van der Waals surface area (Å²) in [5.74, 6) is 0.362. The van der Waals surface area contributed by atoms with Crippen LogP contribution in [0.5, 0.6) is 11.5 Å². The molecule has 2 aromatic carbocycles. The van der Waals surface area contributed by atoms with Crippen molar-refractivity contribution in [1.29, 1.82) is 0 Å². The van der Waals surface area contributed by atoms with Gasteiger partial charge in [0.25, 0.3) is 0 Å². The van der Waals surface area contributed by atoms with Crippen LogP contribution in [-0.2, 0) is 0 Å². The van der Waals surface area contributed by atoms with E-state index in [1.165, 1.54) is 25.3 Å². The van der Waals surface area contributed by atoms with E-state index in [4.69, 9.17) is 4.74 Å². The van der Waals surface area contributed by atoms with Gasteiger partial charge in [-0.3, -0.25) is 5.43 Å². The zero-order chi connectivity index (χ0) is 14.5. The number of benzene rings is 2. The Hall–Kier alpha value is -2.56. The Kier molecular flexibility index (Phi) is 4.20. The maximum atomic E-state index is 12.8. The molecule has 20 heavy (non-hydrogen) atoms. The van der Waals surface area contributed by atoms with Crippen LogP contribution >= 0.6 is 0 Å². The molecule has 0 fully saturated rings. The van der Waals surface area contributed by atoms with Crippen molar-refractivity contribution >= 4 is 11.4 Å². The topological polar surface area (TPSA) is 53.8 Å². The molecule has 0 heterocycles. The minimum absolute atomic E-state index is 0.0894. The van der Waals surface area contributed by atoms with E-state index in [2.05, 4.69) is 10.5 Å². The molecule has 0 aliphatic rings. The Morgan fingerprint density at radius 2 is 1.90 bits per heavy atom. The van der Waals surface area contributed by atoms with Crippen molar-refractivity contribution in [1.82, 2.24) is 0 Å². The normalized spacial score (nSPS) is 11.2. The van der Waals surface area contributed by atoms with Gasteiger partial charge in [-0.2, -0.15) is 5.10 Å². The summed E-state index contributed by atoms with van der Waals surface area (Å²) < 4.78 is 17.8. The third kappa shape index (κ3) is 3.26. The van der Waals surface area contributed by atoms with Crippen molar-refractivity contribution in [2.24, 2.45) is 5.10 Å². The third-order valence-corrected chi connectivity index (χ3v) is 2.79. The standard InChI is InChI=1S/C15H15FN2O2/c1-10(14-8-7-13(20-2)9-15(14)19)17-18-12-5-3-11(16)4-6-12/h3-9,18-19H,1-2H3/b17-10+. The van der Waals surface area contributed by atoms with Gasteiger partial charge >= 0.3 is 0 Å². The molecular weight excluding hydrogens is 259 g/mol. The highest BCUT2D eigenvalue weighted by molar-refractivity contribution is 6.01. The van der Waals surface area contributed by atoms with Gasteiger partial charge in [0.2, 0.25) is 0 Å². The number of phenolic OH excluding ortho intramolecular Hbond substituents is 1. The minimum atomic E-state index is -0.302. The summed E-state index contributed by atoms with van der Waals surface area (Å²) in [6, 6.07) is 10.8. The second kappa shape index (κ2) is 6.06. The molecule has 0 unspecified atom stereocenters. The summed E-state index contributed by atoms with van der Waals surface area (Å²) in [6.07, 6.45) is 0. The van der Waals surface area contributed by atoms with Gasteiger partial charge < -0.3 is 9.84 Å². The second-order valence-electron chi connectivity index (χ2n) is 4.20. The van der Waals surface area contributed by atoms with Gasteiger partial charge in [0.1, 0.15) is 17.3 Å². The first-order valence-corrected chi connectivity index (χ1v) is 6.03. The number of nitrogens with zero attached hydrogens (tertiary/aromatic N) is 1. The van der Waals surface area contributed by atoms with Crippen LogP contribution < -0.4 is 10.2 Å². The number of ether oxygens (including phenoxy) is 1. The highest BCUT2D eigenvalue weighted by Gasteiger charge is 2.06. The average molecular weight is 274 g/mol. The number of hydrazone groups is 1. The van der Waals surface area contributed by atoms with Crippen molar-refractivity contribution in [2.45, 2.75) is 6.92 Å². The van der Waals surface area contributed by atoms with Gasteiger partial charge in [0, 0.05) is 11.6 Å². The van der Waals surface area contributed by atoms with Crippen molar-refractivity contribution in [2.75, 3.05) is 12.5 Å². The van der Waals surface area contributed by atoms with Gasteiger partial charge in [-0.15, -0.1) is 0 Å². The number of halogens is 1. The van der Waals surface area contributed by atoms with Crippen LogP contribution in [0.4, 0.5) is 10.1 Å². The van der Waals surface area contributed by atoms with Gasteiger partial charge in [-0.05, 0) is 43.3 Å². The van der Waals surface area contributed by atoms with E-state index >= 15 is 0 Å². The number of methoxy groups -OCH3 is 1. The summed E-state index contributed by atoms with van der Waals surface area (Å²) >= 11 is 0. The molecule has 104 valence electrons. The second-order valence-corrected chi connectivity index (χ2v) is 4.20. The maximum absolute atomic E-state index is 12.8. The molecule has 0 aliphatic carbocycles. The monoisotopic (exact) mass is 274 g/mol. The molecular formula is C15H15FN2O2. The lowest BCUT2D eigenvalue weighted by Gasteiger charge is -2.07. The first kappa shape index (κ1) is 13.9. The highest BCUT2D eigenvalue weighted by atomic mass is 19.1. The maximum Gasteiger partial charge on any atom is 0.128 e. The van der Waals surface area contributed by atoms with Crippen LogP contribution in [-0.4, -0.2) is 17.9 Å². The molecule has 0 atom stereocenters. The number of aromatic hydroxyl groups is 1. The van der Waals surface area contributed by atoms with Gasteiger partial charge in [-0.1, -0.05) is 0 Å². The Morgan fingerprint density at radius 1 is 1.20 bits per heavy atom. The van der Waals surface area contributed by atoms with Crippen LogP contribution in [0.2, 0.25) is 0 Å². The summed E-state index contributed by atoms with van der Waals surface area (Å²) in [5, 5.41) is 14.0. The number of phenols is 1. The number of hydrogen-bond acceptors (Lipinski definition) is 4. The largest absolute Gasteiger partial charge is 0.507 e.